The van der Waals surface area contributed by atoms with Crippen molar-refractivity contribution in [2.24, 2.45) is 0 Å². The molecule has 0 bridgehead atoms. The van der Waals surface area contributed by atoms with Gasteiger partial charge >= 0.3 is 0 Å². The second-order valence-electron chi connectivity index (χ2n) is 5.08. The molecule has 24 heavy (non-hydrogen) atoms. The lowest BCUT2D eigenvalue weighted by molar-refractivity contribution is -0.118. The quantitative estimate of drug-likeness (QED) is 0.734. The predicted octanol–water partition coefficient (Wildman–Crippen LogP) is 2.46. The van der Waals surface area contributed by atoms with Gasteiger partial charge in [0, 0.05) is 12.3 Å². The summed E-state index contributed by atoms with van der Waals surface area (Å²) in [4.78, 5) is 11.9. The van der Waals surface area contributed by atoms with Gasteiger partial charge in [-0.25, -0.2) is 0 Å². The van der Waals surface area contributed by atoms with E-state index in [1.54, 1.807) is 26.0 Å². The van der Waals surface area contributed by atoms with E-state index in [0.717, 1.165) is 23.4 Å². The number of hydrogen-bond acceptors (Lipinski definition) is 7. The number of carbonyl (C=O) groups is 1. The van der Waals surface area contributed by atoms with Gasteiger partial charge in [0.2, 0.25) is 5.91 Å². The van der Waals surface area contributed by atoms with Gasteiger partial charge in [0.15, 0.2) is 11.5 Å². The van der Waals surface area contributed by atoms with Crippen molar-refractivity contribution in [1.82, 2.24) is 14.1 Å². The average Bonchev–Trinajstić information content (AvgIpc) is 3.00. The molecule has 0 saturated carbocycles. The summed E-state index contributed by atoms with van der Waals surface area (Å²) in [5, 5.41) is 2.93. The van der Waals surface area contributed by atoms with Gasteiger partial charge in [0.05, 0.1) is 43.1 Å². The van der Waals surface area contributed by atoms with Crippen molar-refractivity contribution in [3.63, 3.8) is 0 Å². The molecule has 0 spiro atoms. The molecule has 130 valence electrons. The number of nitrogens with zero attached hydrogens (tertiary/aromatic N) is 2. The molecule has 2 aromatic rings. The van der Waals surface area contributed by atoms with Gasteiger partial charge in [-0.05, 0) is 31.0 Å². The molecule has 6 nitrogen and oxygen atoms in total. The summed E-state index contributed by atoms with van der Waals surface area (Å²) in [6.45, 7) is 2.52. The van der Waals surface area contributed by atoms with Crippen molar-refractivity contribution in [1.29, 1.82) is 0 Å². The number of aromatic nitrogens is 2. The van der Waals surface area contributed by atoms with Crippen LogP contribution in [-0.2, 0) is 17.0 Å². The molecule has 1 heterocycles. The fourth-order valence-corrected chi connectivity index (χ4v) is 3.56. The largest absolute Gasteiger partial charge is 0.493 e. The first-order chi connectivity index (χ1) is 11.6. The Morgan fingerprint density at radius 3 is 2.71 bits per heavy atom. The molecule has 1 amide bonds. The zero-order valence-corrected chi connectivity index (χ0v) is 15.6. The summed E-state index contributed by atoms with van der Waals surface area (Å²) < 4.78 is 18.8. The van der Waals surface area contributed by atoms with Crippen LogP contribution in [0.25, 0.3) is 0 Å². The van der Waals surface area contributed by atoms with E-state index in [4.69, 9.17) is 9.47 Å². The molecular weight excluding hydrogens is 346 g/mol. The SMILES string of the molecule is COc1ccc(CCNC(=O)CSCc2nsnc2C)cc1OC. The Morgan fingerprint density at radius 1 is 1.25 bits per heavy atom. The van der Waals surface area contributed by atoms with Gasteiger partial charge < -0.3 is 14.8 Å². The minimum atomic E-state index is 0.0290. The first kappa shape index (κ1) is 18.5. The van der Waals surface area contributed by atoms with Crippen LogP contribution in [0.3, 0.4) is 0 Å². The Bertz CT molecular complexity index is 676. The number of hydrogen-bond donors (Lipinski definition) is 1. The normalized spacial score (nSPS) is 10.5. The van der Waals surface area contributed by atoms with Crippen LogP contribution in [0.1, 0.15) is 17.0 Å². The summed E-state index contributed by atoms with van der Waals surface area (Å²) in [7, 11) is 3.22. The molecular formula is C16H21N3O3S2. The van der Waals surface area contributed by atoms with Crippen LogP contribution in [0.15, 0.2) is 18.2 Å². The molecule has 1 N–H and O–H groups in total. The summed E-state index contributed by atoms with van der Waals surface area (Å²) >= 11 is 2.76. The van der Waals surface area contributed by atoms with Crippen LogP contribution >= 0.6 is 23.5 Å². The Labute approximate surface area is 150 Å². The van der Waals surface area contributed by atoms with Crippen molar-refractivity contribution in [2.75, 3.05) is 26.5 Å². The maximum atomic E-state index is 11.9. The zero-order chi connectivity index (χ0) is 17.4. The molecule has 0 aliphatic heterocycles. The number of ether oxygens (including phenoxy) is 2. The minimum absolute atomic E-state index is 0.0290. The van der Waals surface area contributed by atoms with Crippen LogP contribution in [-0.4, -0.2) is 41.2 Å². The molecule has 1 aromatic carbocycles. The Kier molecular flexibility index (Phi) is 7.33. The lowest BCUT2D eigenvalue weighted by atomic mass is 10.1. The van der Waals surface area contributed by atoms with Gasteiger partial charge in [-0.3, -0.25) is 4.79 Å². The first-order valence-corrected chi connectivity index (χ1v) is 9.36. The second kappa shape index (κ2) is 9.48. The van der Waals surface area contributed by atoms with Gasteiger partial charge in [0.1, 0.15) is 0 Å². The lowest BCUT2D eigenvalue weighted by Gasteiger charge is -2.10. The third kappa shape index (κ3) is 5.38. The van der Waals surface area contributed by atoms with Crippen LogP contribution in [0, 0.1) is 6.92 Å². The number of rotatable bonds is 9. The van der Waals surface area contributed by atoms with E-state index in [1.165, 1.54) is 11.7 Å². The minimum Gasteiger partial charge on any atom is -0.493 e. The number of amides is 1. The molecule has 0 saturated heterocycles. The van der Waals surface area contributed by atoms with Crippen molar-refractivity contribution in [3.05, 3.63) is 35.2 Å². The van der Waals surface area contributed by atoms with E-state index in [2.05, 4.69) is 14.1 Å². The van der Waals surface area contributed by atoms with Gasteiger partial charge in [0.25, 0.3) is 0 Å². The maximum Gasteiger partial charge on any atom is 0.230 e. The monoisotopic (exact) mass is 367 g/mol. The molecule has 0 unspecified atom stereocenters. The van der Waals surface area contributed by atoms with Crippen molar-refractivity contribution < 1.29 is 14.3 Å². The summed E-state index contributed by atoms with van der Waals surface area (Å²) in [5.41, 5.74) is 2.99. The number of benzene rings is 1. The number of carbonyl (C=O) groups excluding carboxylic acids is 1. The fourth-order valence-electron chi connectivity index (χ4n) is 2.05. The molecule has 0 aliphatic carbocycles. The topological polar surface area (TPSA) is 73.3 Å². The highest BCUT2D eigenvalue weighted by Crippen LogP contribution is 2.27. The predicted molar refractivity (Wildman–Crippen MR) is 97.1 cm³/mol. The Balaban J connectivity index is 1.69. The van der Waals surface area contributed by atoms with E-state index in [-0.39, 0.29) is 5.91 Å². The van der Waals surface area contributed by atoms with Crippen LogP contribution < -0.4 is 14.8 Å². The molecule has 8 heteroatoms. The Morgan fingerprint density at radius 2 is 2.04 bits per heavy atom. The zero-order valence-electron chi connectivity index (χ0n) is 14.0. The standard InChI is InChI=1S/C16H21N3O3S2/c1-11-13(19-24-18-11)9-23-10-16(20)17-7-6-12-4-5-14(21-2)15(8-12)22-3/h4-5,8H,6-7,9-10H2,1-3H3,(H,17,20). The number of methoxy groups -OCH3 is 2. The van der Waals surface area contributed by atoms with Gasteiger partial charge in [-0.15, -0.1) is 11.8 Å². The summed E-state index contributed by atoms with van der Waals surface area (Å²) in [6, 6.07) is 5.77. The highest BCUT2D eigenvalue weighted by atomic mass is 32.2. The average molecular weight is 367 g/mol. The van der Waals surface area contributed by atoms with E-state index >= 15 is 0 Å². The van der Waals surface area contributed by atoms with Crippen molar-refractivity contribution >= 4 is 29.4 Å². The maximum absolute atomic E-state index is 11.9. The van der Waals surface area contributed by atoms with E-state index < -0.39 is 0 Å². The molecule has 2 rings (SSSR count). The van der Waals surface area contributed by atoms with Crippen LogP contribution in [0.2, 0.25) is 0 Å². The van der Waals surface area contributed by atoms with Crippen molar-refractivity contribution in [2.45, 2.75) is 19.1 Å². The second-order valence-corrected chi connectivity index (χ2v) is 6.59. The molecule has 0 aliphatic rings. The number of thioether (sulfide) groups is 1. The van der Waals surface area contributed by atoms with Gasteiger partial charge in [-0.2, -0.15) is 8.75 Å². The molecule has 0 fully saturated rings. The number of nitrogens with one attached hydrogen (secondary N) is 1. The lowest BCUT2D eigenvalue weighted by Crippen LogP contribution is -2.27. The fraction of sp³-hybridized carbons (Fsp3) is 0.438. The summed E-state index contributed by atoms with van der Waals surface area (Å²) in [5.74, 6) is 2.56. The molecule has 0 atom stereocenters. The third-order valence-electron chi connectivity index (χ3n) is 3.40. The van der Waals surface area contributed by atoms with Crippen LogP contribution in [0.5, 0.6) is 11.5 Å². The van der Waals surface area contributed by atoms with Crippen LogP contribution in [0.4, 0.5) is 0 Å². The molecule has 0 radical (unpaired) electrons. The summed E-state index contributed by atoms with van der Waals surface area (Å²) in [6.07, 6.45) is 0.742. The number of aryl methyl sites for hydroxylation is 1. The third-order valence-corrected chi connectivity index (χ3v) is 5.00. The van der Waals surface area contributed by atoms with E-state index in [9.17, 15) is 4.79 Å². The highest BCUT2D eigenvalue weighted by Gasteiger charge is 2.07. The van der Waals surface area contributed by atoms with Crippen molar-refractivity contribution in [3.8, 4) is 11.5 Å². The smallest absolute Gasteiger partial charge is 0.230 e. The Hall–Kier alpha value is -1.80. The van der Waals surface area contributed by atoms with E-state index in [1.807, 2.05) is 25.1 Å². The highest BCUT2D eigenvalue weighted by molar-refractivity contribution is 7.99. The first-order valence-electron chi connectivity index (χ1n) is 7.47. The molecule has 1 aromatic heterocycles. The van der Waals surface area contributed by atoms with E-state index in [0.29, 0.717) is 29.5 Å². The van der Waals surface area contributed by atoms with Gasteiger partial charge in [-0.1, -0.05) is 6.07 Å².